The lowest BCUT2D eigenvalue weighted by Crippen LogP contribution is -2.38. The molecule has 16 nitrogen and oxygen atoms in total. The minimum Gasteiger partial charge on any atom is -0.465 e. The highest BCUT2D eigenvalue weighted by molar-refractivity contribution is 7.89. The molecule has 46 heavy (non-hydrogen) atoms. The predicted molar refractivity (Wildman–Crippen MR) is 161 cm³/mol. The lowest BCUT2D eigenvalue weighted by Gasteiger charge is -2.25. The largest absolute Gasteiger partial charge is 0.465 e. The molecule has 0 saturated carbocycles. The Labute approximate surface area is 264 Å². The second-order valence-corrected chi connectivity index (χ2v) is 13.3. The number of rotatable bonds is 16. The van der Waals surface area contributed by atoms with E-state index in [-0.39, 0.29) is 45.5 Å². The molecule has 0 spiro atoms. The van der Waals surface area contributed by atoms with Gasteiger partial charge in [-0.3, -0.25) is 29.8 Å². The van der Waals surface area contributed by atoms with E-state index in [2.05, 4.69) is 0 Å². The van der Waals surface area contributed by atoms with E-state index in [0.29, 0.717) is 0 Å². The Bertz CT molecular complexity index is 1660. The van der Waals surface area contributed by atoms with Gasteiger partial charge in [0.1, 0.15) is 13.1 Å². The molecule has 3 aromatic carbocycles. The zero-order valence-corrected chi connectivity index (χ0v) is 26.3. The van der Waals surface area contributed by atoms with Crippen molar-refractivity contribution in [2.24, 2.45) is 0 Å². The Hall–Kier alpha value is -4.78. The van der Waals surface area contributed by atoms with Crippen LogP contribution in [0.25, 0.3) is 0 Å². The van der Waals surface area contributed by atoms with Crippen molar-refractivity contribution in [1.82, 2.24) is 8.61 Å². The maximum Gasteiger partial charge on any atom is 0.321 e. The Morgan fingerprint density at radius 2 is 0.957 bits per heavy atom. The van der Waals surface area contributed by atoms with Gasteiger partial charge in [0, 0.05) is 37.4 Å². The van der Waals surface area contributed by atoms with Gasteiger partial charge in [0.15, 0.2) is 0 Å². The number of esters is 2. The molecule has 18 heteroatoms. The smallest absolute Gasteiger partial charge is 0.321 e. The highest BCUT2D eigenvalue weighted by Gasteiger charge is 2.31. The van der Waals surface area contributed by atoms with Crippen LogP contribution in [0.1, 0.15) is 25.0 Å². The Balaban J connectivity index is 2.04. The van der Waals surface area contributed by atoms with Gasteiger partial charge in [-0.25, -0.2) is 16.8 Å². The molecule has 0 radical (unpaired) electrons. The molecule has 0 aliphatic rings. The van der Waals surface area contributed by atoms with E-state index >= 15 is 0 Å². The van der Waals surface area contributed by atoms with Crippen molar-refractivity contribution in [3.63, 3.8) is 0 Å². The van der Waals surface area contributed by atoms with E-state index in [0.717, 1.165) is 57.1 Å². The number of carbonyl (C=O) groups is 2. The number of benzene rings is 3. The number of sulfonamides is 2. The standard InChI is InChI=1S/C28H30N4O12S2/c1-3-43-27(33)19-29(45(39,40)25-13-9-23(10-14-25)31(35)36)17-21-7-5-6-8-22(21)18-30(20-28(34)44-4-2)46(41,42)26-15-11-24(12-16-26)32(37)38/h5-16H,3-4,17-20H2,1-2H3. The topological polar surface area (TPSA) is 214 Å². The van der Waals surface area contributed by atoms with Crippen LogP contribution >= 0.6 is 0 Å². The molecule has 246 valence electrons. The summed E-state index contributed by atoms with van der Waals surface area (Å²) in [6.07, 6.45) is 0. The van der Waals surface area contributed by atoms with Crippen LogP contribution in [0.3, 0.4) is 0 Å². The minimum atomic E-state index is -4.46. The van der Waals surface area contributed by atoms with Crippen molar-refractivity contribution in [3.05, 3.63) is 104 Å². The lowest BCUT2D eigenvalue weighted by atomic mass is 10.1. The van der Waals surface area contributed by atoms with Crippen LogP contribution in [0, 0.1) is 20.2 Å². The van der Waals surface area contributed by atoms with Crippen LogP contribution in [-0.2, 0) is 52.2 Å². The maximum atomic E-state index is 13.7. The Morgan fingerprint density at radius 1 is 0.630 bits per heavy atom. The molecular formula is C28H30N4O12S2. The van der Waals surface area contributed by atoms with Crippen LogP contribution in [0.2, 0.25) is 0 Å². The Morgan fingerprint density at radius 3 is 1.24 bits per heavy atom. The average Bonchev–Trinajstić information content (AvgIpc) is 3.01. The van der Waals surface area contributed by atoms with Crippen LogP contribution in [-0.4, -0.2) is 73.5 Å². The molecule has 0 aliphatic heterocycles. The quantitative estimate of drug-likeness (QED) is 0.121. The van der Waals surface area contributed by atoms with Crippen LogP contribution in [0.4, 0.5) is 11.4 Å². The number of hydrogen-bond acceptors (Lipinski definition) is 12. The number of hydrogen-bond donors (Lipinski definition) is 0. The van der Waals surface area contributed by atoms with E-state index in [1.807, 2.05) is 0 Å². The number of nitro groups is 2. The molecule has 0 aromatic heterocycles. The van der Waals surface area contributed by atoms with E-state index < -0.39 is 68.0 Å². The zero-order chi connectivity index (χ0) is 34.1. The number of non-ortho nitro benzene ring substituents is 2. The molecule has 3 rings (SSSR count). The molecule has 0 bridgehead atoms. The highest BCUT2D eigenvalue weighted by Crippen LogP contribution is 2.26. The molecule has 3 aromatic rings. The van der Waals surface area contributed by atoms with Gasteiger partial charge in [-0.1, -0.05) is 24.3 Å². The average molecular weight is 679 g/mol. The van der Waals surface area contributed by atoms with Gasteiger partial charge in [-0.05, 0) is 49.2 Å². The van der Waals surface area contributed by atoms with Crippen LogP contribution in [0.5, 0.6) is 0 Å². The summed E-state index contributed by atoms with van der Waals surface area (Å²) in [7, 11) is -8.92. The second-order valence-electron chi connectivity index (χ2n) is 9.43. The molecule has 0 unspecified atom stereocenters. The van der Waals surface area contributed by atoms with E-state index in [1.165, 1.54) is 26.0 Å². The summed E-state index contributed by atoms with van der Waals surface area (Å²) in [6, 6.07) is 14.2. The van der Waals surface area contributed by atoms with Gasteiger partial charge in [-0.2, -0.15) is 8.61 Å². The first-order chi connectivity index (χ1) is 21.7. The fourth-order valence-corrected chi connectivity index (χ4v) is 6.90. The number of nitrogens with zero attached hydrogens (tertiary/aromatic N) is 4. The summed E-state index contributed by atoms with van der Waals surface area (Å²) in [4.78, 5) is 45.0. The predicted octanol–water partition coefficient (Wildman–Crippen LogP) is 3.01. The third-order valence-corrected chi connectivity index (χ3v) is 10.0. The van der Waals surface area contributed by atoms with E-state index in [1.54, 1.807) is 12.1 Å². The summed E-state index contributed by atoms with van der Waals surface area (Å²) in [5, 5.41) is 22.1. The highest BCUT2D eigenvalue weighted by atomic mass is 32.2. The second kappa shape index (κ2) is 15.5. The Kier molecular flexibility index (Phi) is 12.0. The summed E-state index contributed by atoms with van der Waals surface area (Å²) < 4.78 is 66.1. The molecule has 0 N–H and O–H groups in total. The van der Waals surface area contributed by atoms with E-state index in [9.17, 15) is 46.7 Å². The zero-order valence-electron chi connectivity index (χ0n) is 24.7. The van der Waals surface area contributed by atoms with Crippen molar-refractivity contribution in [3.8, 4) is 0 Å². The van der Waals surface area contributed by atoms with E-state index in [4.69, 9.17) is 9.47 Å². The summed E-state index contributed by atoms with van der Waals surface area (Å²) >= 11 is 0. The number of ether oxygens (including phenoxy) is 2. The minimum absolute atomic E-state index is 0.0375. The fraction of sp³-hybridized carbons (Fsp3) is 0.286. The van der Waals surface area contributed by atoms with Crippen molar-refractivity contribution in [2.45, 2.75) is 36.7 Å². The number of carbonyl (C=O) groups excluding carboxylic acids is 2. The molecule has 0 amide bonds. The van der Waals surface area contributed by atoms with Gasteiger partial charge in [0.05, 0.1) is 32.9 Å². The molecule has 0 aliphatic carbocycles. The first-order valence-electron chi connectivity index (χ1n) is 13.6. The number of nitro benzene ring substituents is 2. The van der Waals surface area contributed by atoms with Gasteiger partial charge < -0.3 is 9.47 Å². The van der Waals surface area contributed by atoms with Gasteiger partial charge in [-0.15, -0.1) is 0 Å². The molecule has 0 atom stereocenters. The molecule has 0 saturated heterocycles. The summed E-state index contributed by atoms with van der Waals surface area (Å²) in [6.45, 7) is 0.592. The van der Waals surface area contributed by atoms with Crippen molar-refractivity contribution >= 4 is 43.4 Å². The molecular weight excluding hydrogens is 648 g/mol. The normalized spacial score (nSPS) is 11.7. The van der Waals surface area contributed by atoms with Crippen molar-refractivity contribution < 1.29 is 45.7 Å². The first-order valence-corrected chi connectivity index (χ1v) is 16.5. The monoisotopic (exact) mass is 678 g/mol. The van der Waals surface area contributed by atoms with Gasteiger partial charge in [0.2, 0.25) is 20.0 Å². The van der Waals surface area contributed by atoms with Gasteiger partial charge in [0.25, 0.3) is 11.4 Å². The lowest BCUT2D eigenvalue weighted by molar-refractivity contribution is -0.385. The maximum absolute atomic E-state index is 13.7. The fourth-order valence-electron chi connectivity index (χ4n) is 4.18. The molecule has 0 heterocycles. The summed E-state index contributed by atoms with van der Waals surface area (Å²) in [5.41, 5.74) is -0.190. The summed E-state index contributed by atoms with van der Waals surface area (Å²) in [5.74, 6) is -1.76. The first kappa shape index (κ1) is 35.7. The van der Waals surface area contributed by atoms with Crippen LogP contribution < -0.4 is 0 Å². The van der Waals surface area contributed by atoms with Crippen molar-refractivity contribution in [2.75, 3.05) is 26.3 Å². The third kappa shape index (κ3) is 8.90. The van der Waals surface area contributed by atoms with Gasteiger partial charge >= 0.3 is 11.9 Å². The van der Waals surface area contributed by atoms with Crippen molar-refractivity contribution in [1.29, 1.82) is 0 Å². The SMILES string of the molecule is CCOC(=O)CN(Cc1ccccc1CN(CC(=O)OCC)S(=O)(=O)c1ccc([N+](=O)[O-])cc1)S(=O)(=O)c1ccc([N+](=O)[O-])cc1. The molecule has 0 fully saturated rings. The third-order valence-electron chi connectivity index (χ3n) is 6.40. The van der Waals surface area contributed by atoms with Crippen LogP contribution in [0.15, 0.2) is 82.6 Å².